The summed E-state index contributed by atoms with van der Waals surface area (Å²) < 4.78 is 6.48. The van der Waals surface area contributed by atoms with Crippen molar-refractivity contribution in [2.45, 2.75) is 25.8 Å². The van der Waals surface area contributed by atoms with Crippen molar-refractivity contribution >= 4 is 11.5 Å². The first-order chi connectivity index (χ1) is 9.04. The van der Waals surface area contributed by atoms with E-state index in [4.69, 9.17) is 9.84 Å². The van der Waals surface area contributed by atoms with Crippen LogP contribution in [0, 0.1) is 10.1 Å². The highest BCUT2D eigenvalue weighted by Gasteiger charge is 2.27. The predicted molar refractivity (Wildman–Crippen MR) is 70.2 cm³/mol. The zero-order valence-corrected chi connectivity index (χ0v) is 11.4. The van der Waals surface area contributed by atoms with E-state index in [0.29, 0.717) is 31.0 Å². The number of anilines is 1. The maximum Gasteiger partial charge on any atom is 0.333 e. The van der Waals surface area contributed by atoms with Gasteiger partial charge >= 0.3 is 5.69 Å². The molecule has 8 nitrogen and oxygen atoms in total. The lowest BCUT2D eigenvalue weighted by Gasteiger charge is -2.17. The molecule has 0 aliphatic rings. The Morgan fingerprint density at radius 3 is 2.79 bits per heavy atom. The molecule has 1 rings (SSSR count). The number of nitrogens with one attached hydrogen (secondary N) is 1. The summed E-state index contributed by atoms with van der Waals surface area (Å²) in [5, 5.41) is 27.3. The number of nitro groups is 1. The summed E-state index contributed by atoms with van der Waals surface area (Å²) in [6.45, 7) is 2.15. The minimum Gasteiger partial charge on any atom is -0.396 e. The Balaban J connectivity index is 3.04. The van der Waals surface area contributed by atoms with Crippen molar-refractivity contribution in [2.24, 2.45) is 7.05 Å². The lowest BCUT2D eigenvalue weighted by Crippen LogP contribution is -2.27. The average molecular weight is 272 g/mol. The molecule has 0 saturated heterocycles. The number of aryl methyl sites for hydroxylation is 2. The van der Waals surface area contributed by atoms with Crippen LogP contribution in [0.3, 0.4) is 0 Å². The number of ether oxygens (including phenoxy) is 1. The number of methoxy groups -OCH3 is 1. The second kappa shape index (κ2) is 7.05. The van der Waals surface area contributed by atoms with Gasteiger partial charge in [0, 0.05) is 20.8 Å². The van der Waals surface area contributed by atoms with E-state index >= 15 is 0 Å². The van der Waals surface area contributed by atoms with Gasteiger partial charge in [-0.05, 0) is 12.8 Å². The molecular formula is C11H20N4O4. The van der Waals surface area contributed by atoms with Gasteiger partial charge < -0.3 is 15.2 Å². The van der Waals surface area contributed by atoms with Gasteiger partial charge in [0.25, 0.3) is 0 Å². The number of aromatic nitrogens is 2. The van der Waals surface area contributed by atoms with Crippen LogP contribution < -0.4 is 5.32 Å². The fourth-order valence-electron chi connectivity index (χ4n) is 1.91. The minimum absolute atomic E-state index is 0.0101. The Hall–Kier alpha value is -1.67. The molecule has 0 fully saturated rings. The van der Waals surface area contributed by atoms with Gasteiger partial charge in [-0.2, -0.15) is 5.10 Å². The number of aliphatic hydroxyl groups is 1. The average Bonchev–Trinajstić information content (AvgIpc) is 2.67. The van der Waals surface area contributed by atoms with Crippen molar-refractivity contribution in [3.63, 3.8) is 0 Å². The molecule has 1 aromatic rings. The van der Waals surface area contributed by atoms with Crippen molar-refractivity contribution in [3.05, 3.63) is 15.8 Å². The highest BCUT2D eigenvalue weighted by atomic mass is 16.6. The fourth-order valence-corrected chi connectivity index (χ4v) is 1.91. The second-order valence-electron chi connectivity index (χ2n) is 4.19. The molecule has 108 valence electrons. The van der Waals surface area contributed by atoms with Crippen LogP contribution in [0.4, 0.5) is 11.5 Å². The molecule has 1 heterocycles. The van der Waals surface area contributed by atoms with Gasteiger partial charge in [-0.15, -0.1) is 0 Å². The maximum atomic E-state index is 11.1. The SMILES string of the molecule is CCc1nn(C)c(NC(CCO)COC)c1[N+](=O)[O-]. The monoisotopic (exact) mass is 272 g/mol. The Kier molecular flexibility index (Phi) is 5.71. The molecule has 1 unspecified atom stereocenters. The van der Waals surface area contributed by atoms with Crippen LogP contribution in [0.15, 0.2) is 0 Å². The van der Waals surface area contributed by atoms with Crippen molar-refractivity contribution in [3.8, 4) is 0 Å². The summed E-state index contributed by atoms with van der Waals surface area (Å²) in [6.07, 6.45) is 0.929. The maximum absolute atomic E-state index is 11.1. The van der Waals surface area contributed by atoms with E-state index in [9.17, 15) is 10.1 Å². The molecule has 0 aliphatic heterocycles. The molecule has 0 spiro atoms. The quantitative estimate of drug-likeness (QED) is 0.533. The number of aliphatic hydroxyl groups excluding tert-OH is 1. The Morgan fingerprint density at radius 1 is 1.63 bits per heavy atom. The first-order valence-electron chi connectivity index (χ1n) is 6.11. The van der Waals surface area contributed by atoms with Crippen LogP contribution in [0.1, 0.15) is 19.0 Å². The van der Waals surface area contributed by atoms with E-state index in [-0.39, 0.29) is 18.3 Å². The van der Waals surface area contributed by atoms with Gasteiger partial charge in [0.1, 0.15) is 5.69 Å². The Bertz CT molecular complexity index is 427. The molecule has 8 heteroatoms. The Morgan fingerprint density at radius 2 is 2.32 bits per heavy atom. The highest BCUT2D eigenvalue weighted by Crippen LogP contribution is 2.29. The molecule has 1 aromatic heterocycles. The molecule has 0 saturated carbocycles. The molecule has 19 heavy (non-hydrogen) atoms. The van der Waals surface area contributed by atoms with E-state index < -0.39 is 4.92 Å². The van der Waals surface area contributed by atoms with Gasteiger partial charge in [-0.25, -0.2) is 4.68 Å². The molecule has 0 amide bonds. The molecule has 0 aliphatic carbocycles. The van der Waals surface area contributed by atoms with Crippen LogP contribution in [0.5, 0.6) is 0 Å². The van der Waals surface area contributed by atoms with Crippen molar-refractivity contribution in [1.82, 2.24) is 9.78 Å². The van der Waals surface area contributed by atoms with Crippen molar-refractivity contribution in [2.75, 3.05) is 25.6 Å². The third-order valence-corrected chi connectivity index (χ3v) is 2.80. The Labute approximate surface area is 111 Å². The van der Waals surface area contributed by atoms with Crippen LogP contribution >= 0.6 is 0 Å². The molecule has 0 radical (unpaired) electrons. The number of hydrogen-bond acceptors (Lipinski definition) is 6. The lowest BCUT2D eigenvalue weighted by atomic mass is 10.2. The standard InChI is InChI=1S/C11H20N4O4/c1-4-9-10(15(17)18)11(14(2)13-9)12-8(5-6-16)7-19-3/h8,12,16H,4-7H2,1-3H3. The number of rotatable bonds is 8. The molecular weight excluding hydrogens is 252 g/mol. The largest absolute Gasteiger partial charge is 0.396 e. The number of nitrogens with zero attached hydrogens (tertiary/aromatic N) is 3. The topological polar surface area (TPSA) is 102 Å². The van der Waals surface area contributed by atoms with Gasteiger partial charge in [0.05, 0.1) is 17.6 Å². The third kappa shape index (κ3) is 3.65. The van der Waals surface area contributed by atoms with Crippen LogP contribution in [-0.4, -0.2) is 46.2 Å². The smallest absolute Gasteiger partial charge is 0.333 e. The van der Waals surface area contributed by atoms with Crippen molar-refractivity contribution < 1.29 is 14.8 Å². The van der Waals surface area contributed by atoms with Gasteiger partial charge in [0.2, 0.25) is 5.82 Å². The predicted octanol–water partition coefficient (Wildman–Crippen LogP) is 0.700. The van der Waals surface area contributed by atoms with E-state index in [1.54, 1.807) is 14.2 Å². The molecule has 2 N–H and O–H groups in total. The summed E-state index contributed by atoms with van der Waals surface area (Å²) in [7, 11) is 3.19. The van der Waals surface area contributed by atoms with Crippen molar-refractivity contribution in [1.29, 1.82) is 0 Å². The molecule has 0 aromatic carbocycles. The fraction of sp³-hybridized carbons (Fsp3) is 0.727. The van der Waals surface area contributed by atoms with Crippen LogP contribution in [0.2, 0.25) is 0 Å². The van der Waals surface area contributed by atoms with Crippen LogP contribution in [0.25, 0.3) is 0 Å². The summed E-state index contributed by atoms with van der Waals surface area (Å²) >= 11 is 0. The van der Waals surface area contributed by atoms with E-state index in [1.807, 2.05) is 6.92 Å². The van der Waals surface area contributed by atoms with Crippen LogP contribution in [-0.2, 0) is 18.2 Å². The summed E-state index contributed by atoms with van der Waals surface area (Å²) in [4.78, 5) is 10.7. The molecule has 0 bridgehead atoms. The third-order valence-electron chi connectivity index (χ3n) is 2.80. The minimum atomic E-state index is -0.434. The van der Waals surface area contributed by atoms with E-state index in [0.717, 1.165) is 0 Å². The lowest BCUT2D eigenvalue weighted by molar-refractivity contribution is -0.384. The summed E-state index contributed by atoms with van der Waals surface area (Å²) in [5.41, 5.74) is 0.430. The first kappa shape index (κ1) is 15.4. The zero-order valence-electron chi connectivity index (χ0n) is 11.4. The second-order valence-corrected chi connectivity index (χ2v) is 4.19. The van der Waals surface area contributed by atoms with Gasteiger partial charge in [0.15, 0.2) is 0 Å². The normalized spacial score (nSPS) is 12.4. The van der Waals surface area contributed by atoms with E-state index in [1.165, 1.54) is 4.68 Å². The summed E-state index contributed by atoms with van der Waals surface area (Å²) in [5.74, 6) is 0.345. The zero-order chi connectivity index (χ0) is 14.4. The highest BCUT2D eigenvalue weighted by molar-refractivity contribution is 5.60. The first-order valence-corrected chi connectivity index (χ1v) is 6.11. The van der Waals surface area contributed by atoms with E-state index in [2.05, 4.69) is 10.4 Å². The summed E-state index contributed by atoms with van der Waals surface area (Å²) in [6, 6.07) is -0.200. The molecule has 1 atom stereocenters. The van der Waals surface area contributed by atoms with Gasteiger partial charge in [-0.3, -0.25) is 10.1 Å². The van der Waals surface area contributed by atoms with Gasteiger partial charge in [-0.1, -0.05) is 6.92 Å². The number of hydrogen-bond donors (Lipinski definition) is 2.